The molecule has 6 rings (SSSR count). The fourth-order valence-electron chi connectivity index (χ4n) is 6.47. The van der Waals surface area contributed by atoms with E-state index in [0.29, 0.717) is 36.2 Å². The molecule has 2 atom stereocenters. The quantitative estimate of drug-likeness (QED) is 0.189. The zero-order valence-electron chi connectivity index (χ0n) is 29.5. The topological polar surface area (TPSA) is 205 Å². The number of aliphatic hydroxyl groups excluding tert-OH is 1. The first kappa shape index (κ1) is 39.7. The Bertz CT molecular complexity index is 2030. The van der Waals surface area contributed by atoms with Gasteiger partial charge in [-0.3, -0.25) is 14.4 Å². The van der Waals surface area contributed by atoms with Crippen LogP contribution in [0.1, 0.15) is 33.1 Å². The number of rotatable bonds is 6. The summed E-state index contributed by atoms with van der Waals surface area (Å²) in [5.74, 6) is -1.71. The molecule has 0 radical (unpaired) electrons. The number of nitrogen functional groups attached to an aromatic ring is 1. The Labute approximate surface area is 312 Å². The minimum Gasteiger partial charge on any atom is -0.554 e. The summed E-state index contributed by atoms with van der Waals surface area (Å²) in [6, 6.07) is 7.25. The maximum absolute atomic E-state index is 14.0. The summed E-state index contributed by atoms with van der Waals surface area (Å²) in [7, 11) is 5.45. The first-order chi connectivity index (χ1) is 25.4. The molecule has 20 heteroatoms. The van der Waals surface area contributed by atoms with Gasteiger partial charge in [-0.2, -0.15) is 18.3 Å². The third-order valence-electron chi connectivity index (χ3n) is 9.30. The number of carboxylic acid groups (broad SMARTS) is 1. The molecule has 0 aliphatic carbocycles. The normalized spacial score (nSPS) is 18.4. The Morgan fingerprint density at radius 1 is 1.07 bits per heavy atom. The summed E-state index contributed by atoms with van der Waals surface area (Å²) in [4.78, 5) is 59.4. The third kappa shape index (κ3) is 8.64. The maximum atomic E-state index is 14.0. The standard InChI is InChI=1S/C33H36ClF3N10O4.CH2O2/c1-43-25(23-17-46(42-28(23)33(35,36)37)27-7-4-19(38)15-39-27)16-40-29(43)30(49)41-20-5-6-21(24(34)14-20)31(50)44-9-11-45(12-10-44)32(51)22-8-13-47(2,3)18-26(22)48;2-1-3/h4-7,14-17,22,26,48H,8-13,18,38H2,1-3H3;1H,(H,2,3)/t22-,26-;/m1./s1. The number of imidazole rings is 1. The highest BCUT2D eigenvalue weighted by molar-refractivity contribution is 6.34. The van der Waals surface area contributed by atoms with Crippen LogP contribution in [0.2, 0.25) is 5.02 Å². The fourth-order valence-corrected chi connectivity index (χ4v) is 6.74. The molecule has 5 heterocycles. The van der Waals surface area contributed by atoms with Crippen LogP contribution in [0.4, 0.5) is 24.5 Å². The lowest BCUT2D eigenvalue weighted by molar-refractivity contribution is -0.899. The second-order valence-electron chi connectivity index (χ2n) is 13.5. The molecular weight excluding hydrogens is 737 g/mol. The molecule has 16 nitrogen and oxygen atoms in total. The van der Waals surface area contributed by atoms with E-state index < -0.39 is 36.3 Å². The van der Waals surface area contributed by atoms with E-state index >= 15 is 0 Å². The smallest absolute Gasteiger partial charge is 0.435 e. The molecule has 2 aliphatic heterocycles. The van der Waals surface area contributed by atoms with Crippen molar-refractivity contribution in [3.63, 3.8) is 0 Å². The number of carbonyl (C=O) groups excluding carboxylic acids is 4. The van der Waals surface area contributed by atoms with Gasteiger partial charge in [0.15, 0.2) is 17.3 Å². The number of anilines is 2. The zero-order valence-corrected chi connectivity index (χ0v) is 30.2. The number of hydrogen-bond acceptors (Lipinski definition) is 10. The molecule has 54 heavy (non-hydrogen) atoms. The predicted molar refractivity (Wildman–Crippen MR) is 187 cm³/mol. The van der Waals surface area contributed by atoms with Crippen LogP contribution in [0.5, 0.6) is 0 Å². The van der Waals surface area contributed by atoms with Crippen molar-refractivity contribution in [1.82, 2.24) is 34.1 Å². The second-order valence-corrected chi connectivity index (χ2v) is 13.9. The van der Waals surface area contributed by atoms with Gasteiger partial charge < -0.3 is 44.9 Å². The van der Waals surface area contributed by atoms with Gasteiger partial charge in [-0.25, -0.2) is 14.6 Å². The molecule has 4 aromatic rings. The number of hydrogen-bond donors (Lipinski definition) is 3. The van der Waals surface area contributed by atoms with Crippen LogP contribution in [0, 0.1) is 5.92 Å². The van der Waals surface area contributed by atoms with Gasteiger partial charge in [0.25, 0.3) is 11.8 Å². The number of amides is 3. The van der Waals surface area contributed by atoms with Crippen LogP contribution in [0.3, 0.4) is 0 Å². The highest BCUT2D eigenvalue weighted by Gasteiger charge is 2.41. The number of alkyl halides is 3. The minimum absolute atomic E-state index is 0.0203. The van der Waals surface area contributed by atoms with Crippen LogP contribution in [0.15, 0.2) is 48.9 Å². The van der Waals surface area contributed by atoms with Crippen molar-refractivity contribution in [2.45, 2.75) is 18.7 Å². The number of nitrogens with zero attached hydrogens (tertiary/aromatic N) is 8. The van der Waals surface area contributed by atoms with Crippen molar-refractivity contribution >= 4 is 47.2 Å². The van der Waals surface area contributed by atoms with Crippen molar-refractivity contribution in [2.24, 2.45) is 13.0 Å². The molecule has 2 aliphatic rings. The lowest BCUT2D eigenvalue weighted by atomic mass is 9.91. The van der Waals surface area contributed by atoms with Gasteiger partial charge in [-0.05, 0) is 30.3 Å². The average molecular weight is 775 g/mol. The minimum atomic E-state index is -4.82. The SMILES string of the molecule is Cn1c(-c2cn(-c3ccc(N)cn3)nc2C(F)(F)F)cnc1C(=O)Nc1ccc(C(=O)N2CCN(C(=O)[C@@H]3CC[N+](C)(C)C[C@H]3O)CC2)c(Cl)c1.O=C[O-]. The number of nitrogens with one attached hydrogen (secondary N) is 1. The number of halogens is 4. The van der Waals surface area contributed by atoms with Crippen molar-refractivity contribution in [3.05, 3.63) is 71.0 Å². The first-order valence-corrected chi connectivity index (χ1v) is 17.0. The monoisotopic (exact) mass is 774 g/mol. The number of carbonyl (C=O) groups is 4. The third-order valence-corrected chi connectivity index (χ3v) is 9.61. The Hall–Kier alpha value is -5.53. The second kappa shape index (κ2) is 15.8. The molecule has 0 saturated carbocycles. The van der Waals surface area contributed by atoms with Crippen LogP contribution in [-0.4, -0.2) is 127 Å². The maximum Gasteiger partial charge on any atom is 0.435 e. The number of quaternary nitrogens is 1. The molecule has 0 spiro atoms. The van der Waals surface area contributed by atoms with Gasteiger partial charge in [0.2, 0.25) is 5.91 Å². The number of likely N-dealkylation sites (N-methyl/N-ethyl adjacent to an activating group) is 1. The molecule has 0 unspecified atom stereocenters. The van der Waals surface area contributed by atoms with Gasteiger partial charge in [0.1, 0.15) is 12.6 Å². The number of benzene rings is 1. The zero-order chi connectivity index (χ0) is 39.5. The molecular formula is C34H38ClF3N10O6. The van der Waals surface area contributed by atoms with E-state index in [1.807, 2.05) is 14.1 Å². The lowest BCUT2D eigenvalue weighted by Gasteiger charge is -2.42. The van der Waals surface area contributed by atoms with Gasteiger partial charge in [0.05, 0.1) is 66.5 Å². The molecule has 2 saturated heterocycles. The van der Waals surface area contributed by atoms with E-state index in [1.165, 1.54) is 48.1 Å². The highest BCUT2D eigenvalue weighted by atomic mass is 35.5. The number of piperidine rings is 1. The fraction of sp³-hybridized carbons (Fsp3) is 0.382. The van der Waals surface area contributed by atoms with E-state index in [2.05, 4.69) is 20.4 Å². The van der Waals surface area contributed by atoms with Crippen molar-refractivity contribution in [2.75, 3.05) is 64.4 Å². The van der Waals surface area contributed by atoms with Gasteiger partial charge in [-0.15, -0.1) is 0 Å². The van der Waals surface area contributed by atoms with Crippen molar-refractivity contribution < 1.29 is 47.0 Å². The van der Waals surface area contributed by atoms with Crippen LogP contribution >= 0.6 is 11.6 Å². The number of pyridine rings is 1. The summed E-state index contributed by atoms with van der Waals surface area (Å²) >= 11 is 6.49. The number of aliphatic hydroxyl groups is 1. The molecule has 0 bridgehead atoms. The Balaban J connectivity index is 0.00000181. The van der Waals surface area contributed by atoms with Gasteiger partial charge >= 0.3 is 6.18 Å². The van der Waals surface area contributed by atoms with Gasteiger partial charge in [0, 0.05) is 58.0 Å². The molecule has 2 fully saturated rings. The molecule has 4 N–H and O–H groups in total. The summed E-state index contributed by atoms with van der Waals surface area (Å²) in [5.41, 5.74) is 4.87. The van der Waals surface area contributed by atoms with Crippen LogP contribution < -0.4 is 16.2 Å². The van der Waals surface area contributed by atoms with Crippen LogP contribution in [0.25, 0.3) is 17.1 Å². The first-order valence-electron chi connectivity index (χ1n) is 16.6. The largest absolute Gasteiger partial charge is 0.554 e. The van der Waals surface area contributed by atoms with E-state index in [1.54, 1.807) is 9.80 Å². The lowest BCUT2D eigenvalue weighted by Crippen LogP contribution is -2.58. The Morgan fingerprint density at radius 3 is 2.33 bits per heavy atom. The summed E-state index contributed by atoms with van der Waals surface area (Å²) in [6.07, 6.45) is -1.36. The van der Waals surface area contributed by atoms with E-state index in [0.717, 1.165) is 23.6 Å². The number of piperazine rings is 1. The predicted octanol–water partition coefficient (Wildman–Crippen LogP) is 1.28. The van der Waals surface area contributed by atoms with Gasteiger partial charge in [-0.1, -0.05) is 11.6 Å². The van der Waals surface area contributed by atoms with Crippen LogP contribution in [-0.2, 0) is 22.8 Å². The average Bonchev–Trinajstić information content (AvgIpc) is 3.72. The molecule has 288 valence electrons. The van der Waals surface area contributed by atoms with E-state index in [9.17, 15) is 32.7 Å². The van der Waals surface area contributed by atoms with Crippen molar-refractivity contribution in [3.8, 4) is 17.1 Å². The summed E-state index contributed by atoms with van der Waals surface area (Å²) < 4.78 is 44.9. The highest BCUT2D eigenvalue weighted by Crippen LogP contribution is 2.37. The Morgan fingerprint density at radius 2 is 1.74 bits per heavy atom. The van der Waals surface area contributed by atoms with Crippen molar-refractivity contribution in [1.29, 1.82) is 0 Å². The Kier molecular flexibility index (Phi) is 11.6. The van der Waals surface area contributed by atoms with E-state index in [-0.39, 0.29) is 64.1 Å². The molecule has 3 amide bonds. The summed E-state index contributed by atoms with van der Waals surface area (Å²) in [5, 5.41) is 25.2. The number of aromatic nitrogens is 5. The van der Waals surface area contributed by atoms with E-state index in [4.69, 9.17) is 27.2 Å². The number of nitrogens with two attached hydrogens (primary N) is 1. The molecule has 3 aromatic heterocycles. The summed E-state index contributed by atoms with van der Waals surface area (Å²) in [6.45, 7) is 2.03. The number of likely N-dealkylation sites (tertiary alicyclic amines) is 1. The molecule has 1 aromatic carbocycles.